The van der Waals surface area contributed by atoms with Crippen molar-refractivity contribution in [2.24, 2.45) is 0 Å². The van der Waals surface area contributed by atoms with E-state index in [9.17, 15) is 9.59 Å². The van der Waals surface area contributed by atoms with Gasteiger partial charge in [0.25, 0.3) is 0 Å². The first kappa shape index (κ1) is 18.7. The summed E-state index contributed by atoms with van der Waals surface area (Å²) in [6, 6.07) is 28.0. The van der Waals surface area contributed by atoms with Crippen molar-refractivity contribution in [3.8, 4) is 0 Å². The number of ether oxygens (including phenoxy) is 2. The number of amides is 1. The molecule has 0 bridgehead atoms. The number of benzene rings is 3. The highest BCUT2D eigenvalue weighted by Crippen LogP contribution is 2.40. The first-order valence-electron chi connectivity index (χ1n) is 9.49. The number of carbonyl (C=O) groups excluding carboxylic acids is 2. The summed E-state index contributed by atoms with van der Waals surface area (Å²) in [5.41, 5.74) is 2.59. The number of hydrogen-bond acceptors (Lipinski definition) is 4. The minimum atomic E-state index is -0.607. The highest BCUT2D eigenvalue weighted by molar-refractivity contribution is 5.80. The number of esters is 1. The number of carbonyl (C=O) groups is 2. The molecule has 0 aromatic heterocycles. The highest BCUT2D eigenvalue weighted by atomic mass is 16.7. The summed E-state index contributed by atoms with van der Waals surface area (Å²) in [7, 11) is 0. The molecule has 0 spiro atoms. The number of morpholine rings is 1. The fourth-order valence-electron chi connectivity index (χ4n) is 3.52. The Bertz CT molecular complexity index is 960. The Hall–Kier alpha value is -3.60. The van der Waals surface area contributed by atoms with Crippen molar-refractivity contribution in [2.75, 3.05) is 6.54 Å². The van der Waals surface area contributed by atoms with Gasteiger partial charge in [0, 0.05) is 0 Å². The van der Waals surface area contributed by atoms with E-state index >= 15 is 0 Å². The van der Waals surface area contributed by atoms with Crippen LogP contribution in [-0.4, -0.2) is 23.5 Å². The molecule has 1 fully saturated rings. The average Bonchev–Trinajstić information content (AvgIpc) is 2.78. The topological polar surface area (TPSA) is 55.8 Å². The molecule has 1 saturated heterocycles. The number of hydrogen-bond donors (Lipinski definition) is 0. The summed E-state index contributed by atoms with van der Waals surface area (Å²) >= 11 is 0. The van der Waals surface area contributed by atoms with E-state index < -0.39 is 24.2 Å². The average molecular weight is 390 g/mol. The molecule has 146 valence electrons. The summed E-state index contributed by atoms with van der Waals surface area (Å²) in [6.07, 6.45) is -1.15. The smallest absolute Gasteiger partial charge is 0.411 e. The van der Waals surface area contributed by atoms with Crippen molar-refractivity contribution in [1.29, 1.82) is 0 Å². The zero-order valence-corrected chi connectivity index (χ0v) is 15.8. The third kappa shape index (κ3) is 4.29. The maximum absolute atomic E-state index is 13.0. The summed E-state index contributed by atoms with van der Waals surface area (Å²) < 4.78 is 11.2. The Balaban J connectivity index is 1.64. The first-order valence-corrected chi connectivity index (χ1v) is 9.49. The Morgan fingerprint density at radius 2 is 1.41 bits per heavy atom. The van der Waals surface area contributed by atoms with Gasteiger partial charge in [-0.1, -0.05) is 91.0 Å². The molecule has 0 saturated carbocycles. The van der Waals surface area contributed by atoms with Crippen LogP contribution in [0.3, 0.4) is 0 Å². The Kier molecular flexibility index (Phi) is 5.56. The van der Waals surface area contributed by atoms with E-state index in [0.29, 0.717) is 0 Å². The molecule has 4 rings (SSSR count). The quantitative estimate of drug-likeness (QED) is 0.369. The lowest BCUT2D eigenvalue weighted by Crippen LogP contribution is -2.47. The van der Waals surface area contributed by atoms with Crippen LogP contribution in [0.15, 0.2) is 91.0 Å². The second-order valence-corrected chi connectivity index (χ2v) is 6.84. The van der Waals surface area contributed by atoms with E-state index in [0.717, 1.165) is 16.7 Å². The fraction of sp³-hybridized carbons (Fsp3) is 0.167. The molecule has 5 nitrogen and oxygen atoms in total. The molecule has 2 atom stereocenters. The third-order valence-corrected chi connectivity index (χ3v) is 4.89. The summed E-state index contributed by atoms with van der Waals surface area (Å²) in [5, 5.41) is 0. The summed E-state index contributed by atoms with van der Waals surface area (Å²) in [6.45, 7) is -0.0146. The van der Waals surface area contributed by atoms with E-state index in [1.54, 1.807) is 0 Å². The van der Waals surface area contributed by atoms with Gasteiger partial charge < -0.3 is 9.47 Å². The van der Waals surface area contributed by atoms with Crippen molar-refractivity contribution in [1.82, 2.24) is 4.90 Å². The second-order valence-electron chi connectivity index (χ2n) is 6.84. The molecule has 0 aliphatic carbocycles. The molecule has 0 unspecified atom stereocenters. The minimum Gasteiger partial charge on any atom is -0.454 e. The van der Waals surface area contributed by atoms with Crippen molar-refractivity contribution >= 4 is 12.1 Å². The molecule has 5 heteroatoms. The summed E-state index contributed by atoms with van der Waals surface area (Å²) in [4.78, 5) is 26.8. The number of cyclic esters (lactones) is 1. The van der Waals surface area contributed by atoms with Crippen molar-refractivity contribution < 1.29 is 19.1 Å². The van der Waals surface area contributed by atoms with Crippen LogP contribution in [0.5, 0.6) is 0 Å². The van der Waals surface area contributed by atoms with Crippen LogP contribution in [-0.2, 0) is 20.9 Å². The van der Waals surface area contributed by atoms with Gasteiger partial charge in [-0.3, -0.25) is 9.69 Å². The van der Waals surface area contributed by atoms with E-state index in [2.05, 4.69) is 0 Å². The molecular formula is C24H21NO4. The molecule has 29 heavy (non-hydrogen) atoms. The van der Waals surface area contributed by atoms with Gasteiger partial charge in [-0.05, 0) is 16.7 Å². The van der Waals surface area contributed by atoms with Gasteiger partial charge >= 0.3 is 12.1 Å². The predicted molar refractivity (Wildman–Crippen MR) is 108 cm³/mol. The zero-order valence-electron chi connectivity index (χ0n) is 15.8. The lowest BCUT2D eigenvalue weighted by Gasteiger charge is -2.40. The molecule has 0 radical (unpaired) electrons. The van der Waals surface area contributed by atoms with E-state index in [1.165, 1.54) is 4.90 Å². The summed E-state index contributed by atoms with van der Waals surface area (Å²) in [5.74, 6) is -0.456. The second kappa shape index (κ2) is 8.61. The van der Waals surface area contributed by atoms with Crippen LogP contribution in [0.2, 0.25) is 0 Å². The van der Waals surface area contributed by atoms with Gasteiger partial charge in [-0.15, -0.1) is 0 Å². The Morgan fingerprint density at radius 1 is 0.862 bits per heavy atom. The molecule has 1 aliphatic heterocycles. The first-order chi connectivity index (χ1) is 14.2. The monoisotopic (exact) mass is 390 g/mol. The predicted octanol–water partition coefficient (Wildman–Crippen LogP) is 4.66. The highest BCUT2D eigenvalue weighted by Gasteiger charge is 2.42. The maximum Gasteiger partial charge on any atom is 0.411 e. The van der Waals surface area contributed by atoms with Crippen LogP contribution >= 0.6 is 0 Å². The molecule has 1 aliphatic rings. The van der Waals surface area contributed by atoms with Crippen molar-refractivity contribution in [2.45, 2.75) is 18.8 Å². The standard InChI is InChI=1S/C24H21NO4/c26-21-16-25(24(27)28-17-18-10-4-1-5-11-18)22(19-12-6-2-7-13-19)23(29-21)20-14-8-3-9-15-20/h1-15,22-23H,16-17H2/t22-,23+/m0/s1/i16+1,21+1,25+1. The van der Waals surface area contributed by atoms with Gasteiger partial charge in [0.2, 0.25) is 0 Å². The fourth-order valence-corrected chi connectivity index (χ4v) is 3.52. The van der Waals surface area contributed by atoms with Gasteiger partial charge in [-0.25, -0.2) is 4.79 Å². The SMILES string of the molecule is O=C(OCc1ccccc1)[15N]1[13CH2][13C](=O)O[C@H](c2ccccc2)[C@@H]1c1ccccc1. The maximum atomic E-state index is 13.0. The molecule has 3 aromatic rings. The lowest BCUT2D eigenvalue weighted by atomic mass is 9.96. The van der Waals surface area contributed by atoms with Crippen LogP contribution in [0, 0.1) is 0 Å². The van der Waals surface area contributed by atoms with Gasteiger partial charge in [0.05, 0.1) is 0 Å². The number of rotatable bonds is 4. The van der Waals surface area contributed by atoms with E-state index in [-0.39, 0.29) is 13.2 Å². The van der Waals surface area contributed by atoms with Crippen LogP contribution in [0.25, 0.3) is 0 Å². The van der Waals surface area contributed by atoms with E-state index in [1.807, 2.05) is 91.0 Å². The molecule has 1 amide bonds. The Morgan fingerprint density at radius 3 is 2.03 bits per heavy atom. The largest absolute Gasteiger partial charge is 0.454 e. The van der Waals surface area contributed by atoms with Crippen LogP contribution in [0.1, 0.15) is 28.8 Å². The van der Waals surface area contributed by atoms with Crippen molar-refractivity contribution in [3.05, 3.63) is 108 Å². The van der Waals surface area contributed by atoms with E-state index in [4.69, 9.17) is 9.47 Å². The van der Waals surface area contributed by atoms with Crippen LogP contribution < -0.4 is 0 Å². The van der Waals surface area contributed by atoms with Crippen molar-refractivity contribution in [3.63, 3.8) is 0 Å². The molecule has 0 N–H and O–H groups in total. The Labute approximate surface area is 169 Å². The van der Waals surface area contributed by atoms with Gasteiger partial charge in [-0.2, -0.15) is 0 Å². The van der Waals surface area contributed by atoms with Gasteiger partial charge in [0.1, 0.15) is 19.2 Å². The lowest BCUT2D eigenvalue weighted by molar-refractivity contribution is -0.164. The molecule has 1 heterocycles. The minimum absolute atomic E-state index is 0.142. The molecule has 3 aromatic carbocycles. The third-order valence-electron chi connectivity index (χ3n) is 4.89. The number of nitrogens with zero attached hydrogens (tertiary/aromatic N) is 1. The van der Waals surface area contributed by atoms with Crippen LogP contribution in [0.4, 0.5) is 4.79 Å². The zero-order chi connectivity index (χ0) is 20.1. The molecular weight excluding hydrogens is 369 g/mol. The normalized spacial score (nSPS) is 18.8. The van der Waals surface area contributed by atoms with Gasteiger partial charge in [0.15, 0.2) is 6.10 Å².